The van der Waals surface area contributed by atoms with Crippen molar-refractivity contribution in [2.45, 2.75) is 113 Å². The molecule has 0 aromatic rings. The van der Waals surface area contributed by atoms with E-state index in [4.69, 9.17) is 9.47 Å². The molecule has 6 rings (SSSR count). The number of aliphatic hydroxyl groups excluding tert-OH is 1. The van der Waals surface area contributed by atoms with E-state index in [0.29, 0.717) is 49.6 Å². The number of nitrogens with zero attached hydrogens (tertiary/aromatic N) is 2. The van der Waals surface area contributed by atoms with E-state index in [-0.39, 0.29) is 35.9 Å². The van der Waals surface area contributed by atoms with E-state index in [0.717, 1.165) is 90.3 Å². The molecule has 4 heterocycles. The van der Waals surface area contributed by atoms with Crippen LogP contribution in [-0.2, 0) is 19.1 Å². The van der Waals surface area contributed by atoms with Crippen molar-refractivity contribution in [3.63, 3.8) is 0 Å². The summed E-state index contributed by atoms with van der Waals surface area (Å²) in [7, 11) is 2.10. The van der Waals surface area contributed by atoms with Crippen molar-refractivity contribution in [1.29, 1.82) is 0 Å². The van der Waals surface area contributed by atoms with Gasteiger partial charge < -0.3 is 30.1 Å². The SMILES string of the molecule is CN1NCCC1COC1CCC2C[C@@H]([C@H](O)CNC(=O)C3CCC(C(=O)N4C5CCCC4COC5)CC3)NCC2C1. The Labute approximate surface area is 245 Å². The van der Waals surface area contributed by atoms with Crippen LogP contribution >= 0.6 is 0 Å². The number of amides is 2. The van der Waals surface area contributed by atoms with Gasteiger partial charge in [-0.25, -0.2) is 5.01 Å². The lowest BCUT2D eigenvalue weighted by Gasteiger charge is -2.47. The monoisotopic (exact) mass is 575 g/mol. The van der Waals surface area contributed by atoms with Crippen molar-refractivity contribution in [3.05, 3.63) is 0 Å². The fourth-order valence-corrected chi connectivity index (χ4v) is 8.67. The first-order valence-electron chi connectivity index (χ1n) is 16.6. The maximum absolute atomic E-state index is 13.4. The van der Waals surface area contributed by atoms with Gasteiger partial charge in [0.2, 0.25) is 11.8 Å². The molecule has 6 fully saturated rings. The standard InChI is InChI=1S/C31H53N5O5/c1-35-24(11-12-34-35)19-41-27-10-9-22-14-28(32-15-23(22)13-27)29(37)16-33-30(38)20-5-7-21(8-6-20)31(39)36-25-3-2-4-26(36)18-40-17-25/h20-29,32,34,37H,2-19H2,1H3,(H,33,38)/t20?,21?,22?,23?,24?,25?,26?,27?,28-,29+/m0/s1. The van der Waals surface area contributed by atoms with Crippen LogP contribution in [0.1, 0.15) is 77.0 Å². The normalized spacial score (nSPS) is 40.5. The third-order valence-corrected chi connectivity index (χ3v) is 11.3. The molecule has 10 heteroatoms. The lowest BCUT2D eigenvalue weighted by atomic mass is 9.72. The number of fused-ring (bicyclic) bond motifs is 3. The lowest BCUT2D eigenvalue weighted by Crippen LogP contribution is -2.59. The molecule has 2 aliphatic carbocycles. The van der Waals surface area contributed by atoms with Gasteiger partial charge in [-0.15, -0.1) is 0 Å². The number of carbonyl (C=O) groups is 2. The zero-order valence-electron chi connectivity index (χ0n) is 25.0. The molecule has 41 heavy (non-hydrogen) atoms. The van der Waals surface area contributed by atoms with Gasteiger partial charge in [-0.1, -0.05) is 0 Å². The van der Waals surface area contributed by atoms with Crippen molar-refractivity contribution < 1.29 is 24.2 Å². The molecule has 4 N–H and O–H groups in total. The quantitative estimate of drug-likeness (QED) is 0.344. The summed E-state index contributed by atoms with van der Waals surface area (Å²) in [6.45, 7) is 4.38. The Morgan fingerprint density at radius 2 is 1.73 bits per heavy atom. The second kappa shape index (κ2) is 13.6. The van der Waals surface area contributed by atoms with Gasteiger partial charge in [-0.05, 0) is 95.4 Å². The van der Waals surface area contributed by atoms with Crippen LogP contribution in [-0.4, -0.2) is 110 Å². The molecule has 0 aromatic carbocycles. The maximum Gasteiger partial charge on any atom is 0.226 e. The summed E-state index contributed by atoms with van der Waals surface area (Å²) in [6.07, 6.45) is 11.5. The Hall–Kier alpha value is -1.30. The summed E-state index contributed by atoms with van der Waals surface area (Å²) in [5.74, 6) is 1.51. The minimum Gasteiger partial charge on any atom is -0.390 e. The summed E-state index contributed by atoms with van der Waals surface area (Å²) in [6, 6.07) is 0.977. The van der Waals surface area contributed by atoms with Gasteiger partial charge in [-0.3, -0.25) is 15.0 Å². The molecule has 0 aromatic heterocycles. The van der Waals surface area contributed by atoms with Crippen LogP contribution in [0.3, 0.4) is 0 Å². The summed E-state index contributed by atoms with van der Waals surface area (Å²) in [5, 5.41) is 19.8. The van der Waals surface area contributed by atoms with Crippen LogP contribution in [0.15, 0.2) is 0 Å². The Balaban J connectivity index is 0.887. The van der Waals surface area contributed by atoms with E-state index in [1.807, 2.05) is 0 Å². The van der Waals surface area contributed by atoms with Crippen molar-refractivity contribution in [3.8, 4) is 0 Å². The smallest absolute Gasteiger partial charge is 0.226 e. The number of aliphatic hydroxyl groups is 1. The van der Waals surface area contributed by atoms with Crippen molar-refractivity contribution in [1.82, 2.24) is 26.0 Å². The first-order valence-corrected chi connectivity index (χ1v) is 16.6. The van der Waals surface area contributed by atoms with Crippen molar-refractivity contribution in [2.75, 3.05) is 46.5 Å². The van der Waals surface area contributed by atoms with E-state index < -0.39 is 6.10 Å². The molecule has 6 unspecified atom stereocenters. The number of hydrogen-bond donors (Lipinski definition) is 4. The number of hydrogen-bond acceptors (Lipinski definition) is 8. The lowest BCUT2D eigenvalue weighted by molar-refractivity contribution is -0.156. The number of likely N-dealkylation sites (N-methyl/N-ethyl adjacent to an activating group) is 1. The van der Waals surface area contributed by atoms with E-state index in [1.54, 1.807) is 0 Å². The first kappa shape index (κ1) is 29.8. The number of nitrogens with one attached hydrogen (secondary N) is 3. The highest BCUT2D eigenvalue weighted by molar-refractivity contribution is 5.81. The molecule has 2 bridgehead atoms. The molecule has 0 spiro atoms. The second-order valence-electron chi connectivity index (χ2n) is 13.9. The van der Waals surface area contributed by atoms with Crippen molar-refractivity contribution >= 4 is 11.8 Å². The van der Waals surface area contributed by atoms with Crippen LogP contribution in [0.4, 0.5) is 0 Å². The third kappa shape index (κ3) is 6.93. The fourth-order valence-electron chi connectivity index (χ4n) is 8.67. The maximum atomic E-state index is 13.4. The summed E-state index contributed by atoms with van der Waals surface area (Å²) in [5.41, 5.74) is 3.35. The molecule has 8 atom stereocenters. The number of rotatable bonds is 8. The molecule has 2 amide bonds. The third-order valence-electron chi connectivity index (χ3n) is 11.3. The van der Waals surface area contributed by atoms with E-state index in [9.17, 15) is 14.7 Å². The zero-order valence-corrected chi connectivity index (χ0v) is 25.0. The second-order valence-corrected chi connectivity index (χ2v) is 13.9. The minimum absolute atomic E-state index is 0.0218. The van der Waals surface area contributed by atoms with Crippen LogP contribution in [0.2, 0.25) is 0 Å². The van der Waals surface area contributed by atoms with Gasteiger partial charge in [0.15, 0.2) is 0 Å². The Kier molecular flexibility index (Phi) is 9.84. The Morgan fingerprint density at radius 3 is 2.46 bits per heavy atom. The number of hydrazine groups is 1. The van der Waals surface area contributed by atoms with Gasteiger partial charge in [0, 0.05) is 44.1 Å². The number of ether oxygens (including phenoxy) is 2. The van der Waals surface area contributed by atoms with Gasteiger partial charge in [0.1, 0.15) is 0 Å². The molecular formula is C31H53N5O5. The molecule has 4 aliphatic heterocycles. The average Bonchev–Trinajstić information content (AvgIpc) is 3.41. The van der Waals surface area contributed by atoms with Crippen molar-refractivity contribution in [2.24, 2.45) is 23.7 Å². The predicted molar refractivity (Wildman–Crippen MR) is 155 cm³/mol. The van der Waals surface area contributed by atoms with E-state index in [1.165, 1.54) is 6.42 Å². The molecule has 0 radical (unpaired) electrons. The minimum atomic E-state index is -0.585. The van der Waals surface area contributed by atoms with Gasteiger partial charge in [0.05, 0.1) is 44.1 Å². The molecule has 2 saturated carbocycles. The van der Waals surface area contributed by atoms with Gasteiger partial charge in [-0.2, -0.15) is 0 Å². The summed E-state index contributed by atoms with van der Waals surface area (Å²) >= 11 is 0. The number of carbonyl (C=O) groups excluding carboxylic acids is 2. The molecule has 232 valence electrons. The zero-order chi connectivity index (χ0) is 28.3. The number of piperidine rings is 2. The van der Waals surface area contributed by atoms with E-state index in [2.05, 4.69) is 33.0 Å². The fraction of sp³-hybridized carbons (Fsp3) is 0.935. The number of morpholine rings is 1. The first-order chi connectivity index (χ1) is 20.0. The van der Waals surface area contributed by atoms with Gasteiger partial charge in [0.25, 0.3) is 0 Å². The van der Waals surface area contributed by atoms with Crippen LogP contribution in [0, 0.1) is 23.7 Å². The highest BCUT2D eigenvalue weighted by Crippen LogP contribution is 2.38. The highest BCUT2D eigenvalue weighted by Gasteiger charge is 2.42. The highest BCUT2D eigenvalue weighted by atomic mass is 16.5. The van der Waals surface area contributed by atoms with Crippen LogP contribution in [0.25, 0.3) is 0 Å². The average molecular weight is 576 g/mol. The molecule has 10 nitrogen and oxygen atoms in total. The summed E-state index contributed by atoms with van der Waals surface area (Å²) in [4.78, 5) is 28.5. The predicted octanol–water partition coefficient (Wildman–Crippen LogP) is 1.42. The topological polar surface area (TPSA) is 115 Å². The largest absolute Gasteiger partial charge is 0.390 e. The molecule has 4 saturated heterocycles. The molecule has 6 aliphatic rings. The van der Waals surface area contributed by atoms with E-state index >= 15 is 0 Å². The molecular weight excluding hydrogens is 522 g/mol. The van der Waals surface area contributed by atoms with Crippen LogP contribution in [0.5, 0.6) is 0 Å². The Bertz CT molecular complexity index is 878. The van der Waals surface area contributed by atoms with Crippen LogP contribution < -0.4 is 16.1 Å². The summed E-state index contributed by atoms with van der Waals surface area (Å²) < 4.78 is 12.0. The van der Waals surface area contributed by atoms with Gasteiger partial charge >= 0.3 is 0 Å². The Morgan fingerprint density at radius 1 is 0.976 bits per heavy atom.